The van der Waals surface area contributed by atoms with Gasteiger partial charge in [-0.25, -0.2) is 0 Å². The summed E-state index contributed by atoms with van der Waals surface area (Å²) in [5, 5.41) is 3.38. The van der Waals surface area contributed by atoms with Crippen molar-refractivity contribution in [1.82, 2.24) is 10.2 Å². The molecule has 1 N–H and O–H groups in total. The maximum atomic E-state index is 10.8. The number of unbranched alkanes of at least 4 members (excludes halogenated alkanes) is 1. The van der Waals surface area contributed by atoms with Gasteiger partial charge in [-0.1, -0.05) is 0 Å². The molecule has 0 radical (unpaired) electrons. The zero-order valence-electron chi connectivity index (χ0n) is 10.1. The number of hydrogen-bond acceptors (Lipinski definition) is 3. The van der Waals surface area contributed by atoms with E-state index in [0.717, 1.165) is 44.9 Å². The first-order chi connectivity index (χ1) is 7.20. The van der Waals surface area contributed by atoms with Crippen LogP contribution in [-0.4, -0.2) is 43.4 Å². The van der Waals surface area contributed by atoms with E-state index in [0.29, 0.717) is 5.78 Å². The molecule has 0 aromatic heterocycles. The number of ketones is 1. The number of Topliss-reactive ketones (excluding diaryl/α,β-unsaturated/α-hetero) is 1. The highest BCUT2D eigenvalue weighted by Gasteiger charge is 2.16. The summed E-state index contributed by atoms with van der Waals surface area (Å²) in [6.07, 6.45) is 5.48. The number of piperidine rings is 1. The monoisotopic (exact) mass is 212 g/mol. The van der Waals surface area contributed by atoms with Crippen molar-refractivity contribution in [2.45, 2.75) is 45.1 Å². The molecule has 1 fully saturated rings. The lowest BCUT2D eigenvalue weighted by Crippen LogP contribution is -2.41. The highest BCUT2D eigenvalue weighted by atomic mass is 16.1. The van der Waals surface area contributed by atoms with E-state index in [-0.39, 0.29) is 0 Å². The molecule has 3 heteroatoms. The van der Waals surface area contributed by atoms with Gasteiger partial charge in [0.2, 0.25) is 0 Å². The van der Waals surface area contributed by atoms with Gasteiger partial charge in [-0.15, -0.1) is 0 Å². The third kappa shape index (κ3) is 5.28. The zero-order valence-corrected chi connectivity index (χ0v) is 10.1. The van der Waals surface area contributed by atoms with Crippen molar-refractivity contribution in [2.75, 3.05) is 26.7 Å². The van der Waals surface area contributed by atoms with Gasteiger partial charge in [0, 0.05) is 12.5 Å². The first kappa shape index (κ1) is 12.7. The summed E-state index contributed by atoms with van der Waals surface area (Å²) in [6, 6.07) is 0.753. The van der Waals surface area contributed by atoms with E-state index in [1.54, 1.807) is 6.92 Å². The molecule has 15 heavy (non-hydrogen) atoms. The van der Waals surface area contributed by atoms with Crippen LogP contribution in [0.5, 0.6) is 0 Å². The molecule has 0 aromatic rings. The Kier molecular flexibility index (Phi) is 5.88. The summed E-state index contributed by atoms with van der Waals surface area (Å²) < 4.78 is 0. The van der Waals surface area contributed by atoms with Crippen molar-refractivity contribution in [2.24, 2.45) is 0 Å². The van der Waals surface area contributed by atoms with Crippen LogP contribution >= 0.6 is 0 Å². The van der Waals surface area contributed by atoms with E-state index in [1.807, 2.05) is 0 Å². The minimum Gasteiger partial charge on any atom is -0.317 e. The van der Waals surface area contributed by atoms with Crippen molar-refractivity contribution in [3.8, 4) is 0 Å². The van der Waals surface area contributed by atoms with Gasteiger partial charge in [-0.2, -0.15) is 0 Å². The molecule has 0 bridgehead atoms. The molecule has 0 unspecified atom stereocenters. The predicted octanol–water partition coefficient (Wildman–Crippen LogP) is 1.43. The van der Waals surface area contributed by atoms with Gasteiger partial charge in [-0.05, 0) is 59.3 Å². The van der Waals surface area contributed by atoms with Gasteiger partial charge in [-0.3, -0.25) is 0 Å². The molecular formula is C12H24N2O. The van der Waals surface area contributed by atoms with Gasteiger partial charge in [0.15, 0.2) is 0 Å². The van der Waals surface area contributed by atoms with Crippen LogP contribution in [0.2, 0.25) is 0 Å². The fourth-order valence-electron chi connectivity index (χ4n) is 2.17. The Morgan fingerprint density at radius 1 is 1.33 bits per heavy atom. The summed E-state index contributed by atoms with van der Waals surface area (Å²) >= 11 is 0. The van der Waals surface area contributed by atoms with Gasteiger partial charge < -0.3 is 15.0 Å². The van der Waals surface area contributed by atoms with Crippen LogP contribution < -0.4 is 5.32 Å². The van der Waals surface area contributed by atoms with Gasteiger partial charge in [0.1, 0.15) is 5.78 Å². The quantitative estimate of drug-likeness (QED) is 0.676. The SMILES string of the molecule is CC(=O)CCCCN(C)C1CCNCC1. The molecule has 0 spiro atoms. The lowest BCUT2D eigenvalue weighted by atomic mass is 10.0. The average molecular weight is 212 g/mol. The molecule has 0 atom stereocenters. The van der Waals surface area contributed by atoms with Crippen LogP contribution in [-0.2, 0) is 4.79 Å². The minimum atomic E-state index is 0.319. The molecule has 88 valence electrons. The topological polar surface area (TPSA) is 32.3 Å². The maximum Gasteiger partial charge on any atom is 0.129 e. The zero-order chi connectivity index (χ0) is 11.1. The Bertz CT molecular complexity index is 188. The molecule has 1 aliphatic rings. The molecule has 0 amide bonds. The number of hydrogen-bond donors (Lipinski definition) is 1. The highest BCUT2D eigenvalue weighted by Crippen LogP contribution is 2.10. The van der Waals surface area contributed by atoms with Crippen LogP contribution in [0.4, 0.5) is 0 Å². The number of nitrogens with one attached hydrogen (secondary N) is 1. The lowest BCUT2D eigenvalue weighted by molar-refractivity contribution is -0.117. The summed E-state index contributed by atoms with van der Waals surface area (Å²) in [4.78, 5) is 13.2. The van der Waals surface area contributed by atoms with Gasteiger partial charge >= 0.3 is 0 Å². The van der Waals surface area contributed by atoms with E-state index in [2.05, 4.69) is 17.3 Å². The summed E-state index contributed by atoms with van der Waals surface area (Å²) in [7, 11) is 2.21. The second-order valence-electron chi connectivity index (χ2n) is 4.62. The summed E-state index contributed by atoms with van der Waals surface area (Å²) in [6.45, 7) is 5.12. The normalized spacial score (nSPS) is 18.3. The van der Waals surface area contributed by atoms with Crippen molar-refractivity contribution >= 4 is 5.78 Å². The highest BCUT2D eigenvalue weighted by molar-refractivity contribution is 5.75. The molecule has 0 saturated carbocycles. The van der Waals surface area contributed by atoms with E-state index >= 15 is 0 Å². The van der Waals surface area contributed by atoms with E-state index in [1.165, 1.54) is 12.8 Å². The minimum absolute atomic E-state index is 0.319. The molecule has 1 aliphatic heterocycles. The molecule has 0 aromatic carbocycles. The number of carbonyl (C=O) groups excluding carboxylic acids is 1. The molecule has 0 aliphatic carbocycles. The maximum absolute atomic E-state index is 10.8. The summed E-state index contributed by atoms with van der Waals surface area (Å²) in [5.74, 6) is 0.319. The van der Waals surface area contributed by atoms with E-state index in [9.17, 15) is 4.79 Å². The first-order valence-corrected chi connectivity index (χ1v) is 6.10. The van der Waals surface area contributed by atoms with Gasteiger partial charge in [0.25, 0.3) is 0 Å². The Hall–Kier alpha value is -0.410. The average Bonchev–Trinajstić information content (AvgIpc) is 2.25. The Morgan fingerprint density at radius 2 is 2.00 bits per heavy atom. The predicted molar refractivity (Wildman–Crippen MR) is 63.1 cm³/mol. The summed E-state index contributed by atoms with van der Waals surface area (Å²) in [5.41, 5.74) is 0. The Balaban J connectivity index is 2.06. The molecule has 3 nitrogen and oxygen atoms in total. The third-order valence-electron chi connectivity index (χ3n) is 3.22. The number of rotatable bonds is 6. The van der Waals surface area contributed by atoms with Crippen LogP contribution in [0.3, 0.4) is 0 Å². The Morgan fingerprint density at radius 3 is 2.60 bits per heavy atom. The van der Waals surface area contributed by atoms with Crippen LogP contribution in [0.1, 0.15) is 39.0 Å². The molecular weight excluding hydrogens is 188 g/mol. The number of carbonyl (C=O) groups is 1. The van der Waals surface area contributed by atoms with Gasteiger partial charge in [0.05, 0.1) is 0 Å². The van der Waals surface area contributed by atoms with Crippen LogP contribution in [0.15, 0.2) is 0 Å². The van der Waals surface area contributed by atoms with Crippen molar-refractivity contribution in [3.63, 3.8) is 0 Å². The van der Waals surface area contributed by atoms with E-state index < -0.39 is 0 Å². The van der Waals surface area contributed by atoms with Crippen LogP contribution in [0.25, 0.3) is 0 Å². The molecule has 1 saturated heterocycles. The smallest absolute Gasteiger partial charge is 0.129 e. The second kappa shape index (κ2) is 6.96. The third-order valence-corrected chi connectivity index (χ3v) is 3.22. The standard InChI is InChI=1S/C12H24N2O/c1-11(15)5-3-4-10-14(2)12-6-8-13-9-7-12/h12-13H,3-10H2,1-2H3. The Labute approximate surface area is 93.2 Å². The lowest BCUT2D eigenvalue weighted by Gasteiger charge is -2.31. The van der Waals surface area contributed by atoms with Crippen molar-refractivity contribution < 1.29 is 4.79 Å². The fourth-order valence-corrected chi connectivity index (χ4v) is 2.17. The second-order valence-corrected chi connectivity index (χ2v) is 4.62. The molecule has 1 heterocycles. The fraction of sp³-hybridized carbons (Fsp3) is 0.917. The van der Waals surface area contributed by atoms with Crippen LogP contribution in [0, 0.1) is 0 Å². The van der Waals surface area contributed by atoms with Crippen molar-refractivity contribution in [3.05, 3.63) is 0 Å². The molecule has 1 rings (SSSR count). The van der Waals surface area contributed by atoms with Crippen molar-refractivity contribution in [1.29, 1.82) is 0 Å². The first-order valence-electron chi connectivity index (χ1n) is 6.10. The van der Waals surface area contributed by atoms with E-state index in [4.69, 9.17) is 0 Å². The number of nitrogens with zero attached hydrogens (tertiary/aromatic N) is 1. The largest absolute Gasteiger partial charge is 0.317 e.